The minimum atomic E-state index is -0.213. The summed E-state index contributed by atoms with van der Waals surface area (Å²) in [6.45, 7) is 0.228. The Morgan fingerprint density at radius 1 is 1.12 bits per heavy atom. The van der Waals surface area contributed by atoms with E-state index in [4.69, 9.17) is 0 Å². The van der Waals surface area contributed by atoms with Gasteiger partial charge >= 0.3 is 0 Å². The van der Waals surface area contributed by atoms with Crippen molar-refractivity contribution in [3.05, 3.63) is 70.0 Å². The summed E-state index contributed by atoms with van der Waals surface area (Å²) in [5, 5.41) is 11.6. The lowest BCUT2D eigenvalue weighted by molar-refractivity contribution is -0.122. The van der Waals surface area contributed by atoms with Crippen molar-refractivity contribution >= 4 is 16.8 Å². The zero-order chi connectivity index (χ0) is 17.9. The van der Waals surface area contributed by atoms with E-state index in [1.807, 2.05) is 12.1 Å². The average Bonchev–Trinajstić information content (AvgIpc) is 2.67. The molecule has 3 aromatic rings. The van der Waals surface area contributed by atoms with Gasteiger partial charge in [-0.25, -0.2) is 4.68 Å². The standard InChI is InChI=1S/C20H20N4O2/c25-19(21-16-10-9-14-5-1-2-6-15(14)13-16)11-12-24-20(26)17-7-3-4-8-18(17)22-23-24/h1-8,16H,9-13H2,(H,21,25)/t16-/m0/s1. The van der Waals surface area contributed by atoms with Crippen LogP contribution in [0.3, 0.4) is 0 Å². The molecule has 0 unspecified atom stereocenters. The van der Waals surface area contributed by atoms with Crippen LogP contribution in [0.15, 0.2) is 53.3 Å². The number of hydrogen-bond donors (Lipinski definition) is 1. The van der Waals surface area contributed by atoms with Crippen LogP contribution in [0.5, 0.6) is 0 Å². The van der Waals surface area contributed by atoms with Crippen LogP contribution < -0.4 is 10.9 Å². The van der Waals surface area contributed by atoms with Gasteiger partial charge in [-0.2, -0.15) is 0 Å². The first-order valence-corrected chi connectivity index (χ1v) is 8.89. The van der Waals surface area contributed by atoms with E-state index in [1.54, 1.807) is 18.2 Å². The second kappa shape index (κ2) is 7.07. The summed E-state index contributed by atoms with van der Waals surface area (Å²) in [6.07, 6.45) is 3.00. The minimum Gasteiger partial charge on any atom is -0.353 e. The lowest BCUT2D eigenvalue weighted by Gasteiger charge is -2.25. The van der Waals surface area contributed by atoms with Crippen molar-refractivity contribution in [2.75, 3.05) is 0 Å². The molecule has 2 aromatic carbocycles. The third kappa shape index (κ3) is 3.35. The first kappa shape index (κ1) is 16.4. The number of hydrogen-bond acceptors (Lipinski definition) is 4. The molecule has 1 aliphatic carbocycles. The third-order valence-electron chi connectivity index (χ3n) is 4.89. The van der Waals surface area contributed by atoms with E-state index in [9.17, 15) is 9.59 Å². The molecule has 0 saturated carbocycles. The highest BCUT2D eigenvalue weighted by atomic mass is 16.2. The lowest BCUT2D eigenvalue weighted by atomic mass is 9.88. The van der Waals surface area contributed by atoms with Crippen LogP contribution in [0.1, 0.15) is 24.0 Å². The van der Waals surface area contributed by atoms with E-state index in [1.165, 1.54) is 15.8 Å². The van der Waals surface area contributed by atoms with Crippen LogP contribution in [0, 0.1) is 0 Å². The smallest absolute Gasteiger partial charge is 0.277 e. The fourth-order valence-electron chi connectivity index (χ4n) is 3.50. The van der Waals surface area contributed by atoms with Gasteiger partial charge in [0.15, 0.2) is 0 Å². The van der Waals surface area contributed by atoms with Gasteiger partial charge in [0.05, 0.1) is 11.9 Å². The first-order chi connectivity index (χ1) is 12.7. The summed E-state index contributed by atoms with van der Waals surface area (Å²) >= 11 is 0. The highest BCUT2D eigenvalue weighted by Gasteiger charge is 2.19. The Bertz CT molecular complexity index is 1010. The molecule has 0 spiro atoms. The van der Waals surface area contributed by atoms with E-state index >= 15 is 0 Å². The minimum absolute atomic E-state index is 0.0590. The zero-order valence-electron chi connectivity index (χ0n) is 14.4. The molecule has 1 atom stereocenters. The van der Waals surface area contributed by atoms with Crippen molar-refractivity contribution in [1.82, 2.24) is 20.3 Å². The van der Waals surface area contributed by atoms with Gasteiger partial charge in [0.25, 0.3) is 5.56 Å². The summed E-state index contributed by atoms with van der Waals surface area (Å²) in [5.41, 5.74) is 3.03. The quantitative estimate of drug-likeness (QED) is 0.781. The van der Waals surface area contributed by atoms with Crippen molar-refractivity contribution in [2.45, 2.75) is 38.3 Å². The SMILES string of the molecule is O=C(CCn1nnc2ccccc2c1=O)N[C@H]1CCc2ccccc2C1. The second-order valence-electron chi connectivity index (χ2n) is 6.66. The van der Waals surface area contributed by atoms with E-state index in [2.05, 4.69) is 33.8 Å². The van der Waals surface area contributed by atoms with Gasteiger partial charge in [0.2, 0.25) is 5.91 Å². The van der Waals surface area contributed by atoms with Crippen molar-refractivity contribution in [3.8, 4) is 0 Å². The lowest BCUT2D eigenvalue weighted by Crippen LogP contribution is -2.39. The Morgan fingerprint density at radius 3 is 2.77 bits per heavy atom. The predicted molar refractivity (Wildman–Crippen MR) is 98.8 cm³/mol. The van der Waals surface area contributed by atoms with Gasteiger partial charge in [-0.15, -0.1) is 5.10 Å². The number of benzene rings is 2. The number of aryl methyl sites for hydroxylation is 2. The van der Waals surface area contributed by atoms with Gasteiger partial charge in [0, 0.05) is 12.5 Å². The molecule has 1 amide bonds. The van der Waals surface area contributed by atoms with Crippen molar-refractivity contribution < 1.29 is 4.79 Å². The topological polar surface area (TPSA) is 76.9 Å². The molecule has 0 fully saturated rings. The Balaban J connectivity index is 1.38. The van der Waals surface area contributed by atoms with Crippen LogP contribution in [-0.2, 0) is 24.2 Å². The Labute approximate surface area is 150 Å². The van der Waals surface area contributed by atoms with E-state index in [0.717, 1.165) is 19.3 Å². The summed E-state index contributed by atoms with van der Waals surface area (Å²) in [7, 11) is 0. The maximum atomic E-state index is 12.4. The maximum Gasteiger partial charge on any atom is 0.277 e. The number of rotatable bonds is 4. The molecule has 0 bridgehead atoms. The van der Waals surface area contributed by atoms with E-state index in [-0.39, 0.29) is 30.5 Å². The van der Waals surface area contributed by atoms with Gasteiger partial charge in [-0.3, -0.25) is 9.59 Å². The molecule has 26 heavy (non-hydrogen) atoms. The van der Waals surface area contributed by atoms with Crippen molar-refractivity contribution in [2.24, 2.45) is 0 Å². The molecule has 0 aliphatic heterocycles. The van der Waals surface area contributed by atoms with Crippen molar-refractivity contribution in [3.63, 3.8) is 0 Å². The Kier molecular flexibility index (Phi) is 4.48. The highest BCUT2D eigenvalue weighted by Crippen LogP contribution is 2.21. The number of amides is 1. The molecule has 0 radical (unpaired) electrons. The molecule has 1 heterocycles. The fraction of sp³-hybridized carbons (Fsp3) is 0.300. The number of carbonyl (C=O) groups is 1. The number of aromatic nitrogens is 3. The van der Waals surface area contributed by atoms with Gasteiger partial charge in [-0.05, 0) is 42.5 Å². The zero-order valence-corrected chi connectivity index (χ0v) is 14.4. The summed E-state index contributed by atoms with van der Waals surface area (Å²) in [4.78, 5) is 24.7. The predicted octanol–water partition coefficient (Wildman–Crippen LogP) is 1.86. The van der Waals surface area contributed by atoms with Crippen LogP contribution in [0.4, 0.5) is 0 Å². The monoisotopic (exact) mass is 348 g/mol. The molecule has 1 aliphatic rings. The van der Waals surface area contributed by atoms with Gasteiger partial charge < -0.3 is 5.32 Å². The fourth-order valence-corrected chi connectivity index (χ4v) is 3.50. The van der Waals surface area contributed by atoms with Gasteiger partial charge in [-0.1, -0.05) is 41.6 Å². The molecule has 0 saturated heterocycles. The first-order valence-electron chi connectivity index (χ1n) is 8.89. The average molecular weight is 348 g/mol. The molecule has 6 heteroatoms. The number of fused-ring (bicyclic) bond motifs is 2. The normalized spacial score (nSPS) is 16.2. The summed E-state index contributed by atoms with van der Waals surface area (Å²) < 4.78 is 1.26. The number of nitrogens with one attached hydrogen (secondary N) is 1. The Hall–Kier alpha value is -3.02. The summed E-state index contributed by atoms with van der Waals surface area (Å²) in [5.74, 6) is -0.0590. The highest BCUT2D eigenvalue weighted by molar-refractivity contribution is 5.77. The molecule has 4 rings (SSSR count). The van der Waals surface area contributed by atoms with Crippen LogP contribution in [-0.4, -0.2) is 26.9 Å². The third-order valence-corrected chi connectivity index (χ3v) is 4.89. The second-order valence-corrected chi connectivity index (χ2v) is 6.66. The van der Waals surface area contributed by atoms with Crippen LogP contribution >= 0.6 is 0 Å². The largest absolute Gasteiger partial charge is 0.353 e. The molecule has 132 valence electrons. The molecule has 1 aromatic heterocycles. The number of carbonyl (C=O) groups excluding carboxylic acids is 1. The number of nitrogens with zero attached hydrogens (tertiary/aromatic N) is 3. The van der Waals surface area contributed by atoms with E-state index < -0.39 is 0 Å². The Morgan fingerprint density at radius 2 is 1.88 bits per heavy atom. The van der Waals surface area contributed by atoms with Crippen LogP contribution in [0.25, 0.3) is 10.9 Å². The molecule has 6 nitrogen and oxygen atoms in total. The van der Waals surface area contributed by atoms with Crippen molar-refractivity contribution in [1.29, 1.82) is 0 Å². The molecule has 1 N–H and O–H groups in total. The van der Waals surface area contributed by atoms with E-state index in [0.29, 0.717) is 10.9 Å². The maximum absolute atomic E-state index is 12.4. The van der Waals surface area contributed by atoms with Gasteiger partial charge in [0.1, 0.15) is 5.52 Å². The van der Waals surface area contributed by atoms with Crippen LogP contribution in [0.2, 0.25) is 0 Å². The summed E-state index contributed by atoms with van der Waals surface area (Å²) in [6, 6.07) is 15.6. The molecular weight excluding hydrogens is 328 g/mol. The molecular formula is C20H20N4O2.